The highest BCUT2D eigenvalue weighted by molar-refractivity contribution is 5.76. The molecule has 132 valence electrons. The molecule has 0 aliphatic carbocycles. The maximum atomic E-state index is 12.3. The summed E-state index contributed by atoms with van der Waals surface area (Å²) in [6, 6.07) is 16.7. The third-order valence-electron chi connectivity index (χ3n) is 4.92. The van der Waals surface area contributed by atoms with Crippen molar-refractivity contribution in [1.29, 1.82) is 0 Å². The van der Waals surface area contributed by atoms with Gasteiger partial charge in [0, 0.05) is 44.0 Å². The Morgan fingerprint density at radius 2 is 2.00 bits per heavy atom. The number of piperidine rings is 1. The fourth-order valence-corrected chi connectivity index (χ4v) is 3.50. The number of hydrogen-bond donors (Lipinski definition) is 1. The van der Waals surface area contributed by atoms with Crippen molar-refractivity contribution < 1.29 is 4.79 Å². The van der Waals surface area contributed by atoms with Gasteiger partial charge in [0.1, 0.15) is 0 Å². The van der Waals surface area contributed by atoms with Gasteiger partial charge in [0.25, 0.3) is 0 Å². The zero-order valence-electron chi connectivity index (χ0n) is 14.9. The molecule has 25 heavy (non-hydrogen) atoms. The summed E-state index contributed by atoms with van der Waals surface area (Å²) >= 11 is 0. The lowest BCUT2D eigenvalue weighted by molar-refractivity contribution is -0.122. The first-order valence-electron chi connectivity index (χ1n) is 9.16. The number of aryl methyl sites for hydroxylation is 1. The Labute approximate surface area is 150 Å². The molecule has 2 aromatic rings. The summed E-state index contributed by atoms with van der Waals surface area (Å²) in [4.78, 5) is 19.0. The number of likely N-dealkylation sites (tertiary alicyclic amines) is 1. The maximum absolute atomic E-state index is 12.3. The summed E-state index contributed by atoms with van der Waals surface area (Å²) in [6.07, 6.45) is 4.00. The van der Waals surface area contributed by atoms with Crippen molar-refractivity contribution in [2.75, 3.05) is 13.1 Å². The number of pyridine rings is 1. The van der Waals surface area contributed by atoms with Crippen LogP contribution in [0.5, 0.6) is 0 Å². The van der Waals surface area contributed by atoms with Gasteiger partial charge >= 0.3 is 0 Å². The monoisotopic (exact) mass is 337 g/mol. The van der Waals surface area contributed by atoms with Crippen molar-refractivity contribution in [3.63, 3.8) is 0 Å². The van der Waals surface area contributed by atoms with E-state index in [0.717, 1.165) is 31.7 Å². The molecule has 1 aliphatic heterocycles. The molecular formula is C21H27N3O. The molecule has 0 spiro atoms. The van der Waals surface area contributed by atoms with Gasteiger partial charge in [-0.2, -0.15) is 0 Å². The van der Waals surface area contributed by atoms with Gasteiger partial charge in [-0.3, -0.25) is 14.7 Å². The number of hydrogen-bond acceptors (Lipinski definition) is 3. The van der Waals surface area contributed by atoms with Crippen molar-refractivity contribution in [3.8, 4) is 0 Å². The summed E-state index contributed by atoms with van der Waals surface area (Å²) < 4.78 is 0. The van der Waals surface area contributed by atoms with Crippen LogP contribution >= 0.6 is 0 Å². The SMILES string of the molecule is C[C@@H]1CN(Cc2ccccc2)CC[C@@H]1NC(=O)CCc1ccccn1. The van der Waals surface area contributed by atoms with Gasteiger partial charge in [-0.1, -0.05) is 43.3 Å². The van der Waals surface area contributed by atoms with Crippen LogP contribution in [0.2, 0.25) is 0 Å². The minimum Gasteiger partial charge on any atom is -0.353 e. The molecule has 1 N–H and O–H groups in total. The van der Waals surface area contributed by atoms with Gasteiger partial charge < -0.3 is 5.32 Å². The van der Waals surface area contributed by atoms with Crippen LogP contribution in [-0.4, -0.2) is 34.9 Å². The average molecular weight is 337 g/mol. The van der Waals surface area contributed by atoms with Crippen molar-refractivity contribution in [3.05, 3.63) is 66.0 Å². The van der Waals surface area contributed by atoms with E-state index in [1.54, 1.807) is 6.20 Å². The van der Waals surface area contributed by atoms with Gasteiger partial charge in [0.05, 0.1) is 0 Å². The Kier molecular flexibility index (Phi) is 6.18. The molecule has 1 fully saturated rings. The number of aromatic nitrogens is 1. The van der Waals surface area contributed by atoms with Crippen LogP contribution in [0.15, 0.2) is 54.7 Å². The molecule has 0 saturated carbocycles. The summed E-state index contributed by atoms with van der Waals surface area (Å²) in [7, 11) is 0. The van der Waals surface area contributed by atoms with Crippen LogP contribution in [0.3, 0.4) is 0 Å². The molecule has 1 aromatic carbocycles. The molecule has 0 unspecified atom stereocenters. The fourth-order valence-electron chi connectivity index (χ4n) is 3.50. The number of carbonyl (C=O) groups is 1. The van der Waals surface area contributed by atoms with Gasteiger partial charge in [0.2, 0.25) is 5.91 Å². The van der Waals surface area contributed by atoms with Crippen LogP contribution in [0.1, 0.15) is 31.0 Å². The average Bonchev–Trinajstić information content (AvgIpc) is 2.64. The lowest BCUT2D eigenvalue weighted by atomic mass is 9.93. The smallest absolute Gasteiger partial charge is 0.220 e. The predicted molar refractivity (Wildman–Crippen MR) is 100.0 cm³/mol. The summed E-state index contributed by atoms with van der Waals surface area (Å²) in [5, 5.41) is 3.23. The molecular weight excluding hydrogens is 310 g/mol. The molecule has 1 aliphatic rings. The van der Waals surface area contributed by atoms with Gasteiger partial charge in [-0.25, -0.2) is 0 Å². The number of nitrogens with zero attached hydrogens (tertiary/aromatic N) is 2. The topological polar surface area (TPSA) is 45.2 Å². The molecule has 4 heteroatoms. The Balaban J connectivity index is 1.43. The normalized spacial score (nSPS) is 21.0. The van der Waals surface area contributed by atoms with E-state index in [-0.39, 0.29) is 11.9 Å². The first-order valence-corrected chi connectivity index (χ1v) is 9.16. The summed E-state index contributed by atoms with van der Waals surface area (Å²) in [6.45, 7) is 5.29. The van der Waals surface area contributed by atoms with E-state index in [9.17, 15) is 4.79 Å². The standard InChI is InChI=1S/C21H27N3O/c1-17-15-24(16-18-7-3-2-4-8-18)14-12-20(17)23-21(25)11-10-19-9-5-6-13-22-19/h2-9,13,17,20H,10-12,14-16H2,1H3,(H,23,25)/t17-,20+/m1/s1. The zero-order chi connectivity index (χ0) is 17.5. The highest BCUT2D eigenvalue weighted by Crippen LogP contribution is 2.19. The van der Waals surface area contributed by atoms with Crippen molar-refractivity contribution in [1.82, 2.24) is 15.2 Å². The number of benzene rings is 1. The number of carbonyl (C=O) groups excluding carboxylic acids is 1. The van der Waals surface area contributed by atoms with Crippen LogP contribution in [0, 0.1) is 5.92 Å². The Bertz CT molecular complexity index is 659. The van der Waals surface area contributed by atoms with Crippen LogP contribution in [-0.2, 0) is 17.8 Å². The largest absolute Gasteiger partial charge is 0.353 e. The van der Waals surface area contributed by atoms with Gasteiger partial charge in [0.15, 0.2) is 0 Å². The fraction of sp³-hybridized carbons (Fsp3) is 0.429. The molecule has 1 saturated heterocycles. The molecule has 4 nitrogen and oxygen atoms in total. The van der Waals surface area contributed by atoms with Crippen LogP contribution in [0.25, 0.3) is 0 Å². The van der Waals surface area contributed by atoms with E-state index in [1.807, 2.05) is 18.2 Å². The molecule has 0 radical (unpaired) electrons. The molecule has 2 heterocycles. The lowest BCUT2D eigenvalue weighted by Gasteiger charge is -2.37. The third-order valence-corrected chi connectivity index (χ3v) is 4.92. The van der Waals surface area contributed by atoms with E-state index in [4.69, 9.17) is 0 Å². The first-order chi connectivity index (χ1) is 12.2. The Morgan fingerprint density at radius 1 is 1.20 bits per heavy atom. The highest BCUT2D eigenvalue weighted by Gasteiger charge is 2.27. The van der Waals surface area contributed by atoms with E-state index in [2.05, 4.69) is 52.5 Å². The quantitative estimate of drug-likeness (QED) is 0.881. The predicted octanol–water partition coefficient (Wildman–Crippen LogP) is 3.04. The van der Waals surface area contributed by atoms with Crippen LogP contribution < -0.4 is 5.32 Å². The molecule has 1 aromatic heterocycles. The van der Waals surface area contributed by atoms with Crippen molar-refractivity contribution in [2.45, 2.75) is 38.8 Å². The van der Waals surface area contributed by atoms with Crippen LogP contribution in [0.4, 0.5) is 0 Å². The summed E-state index contributed by atoms with van der Waals surface area (Å²) in [5.74, 6) is 0.607. The lowest BCUT2D eigenvalue weighted by Crippen LogP contribution is -2.49. The minimum absolute atomic E-state index is 0.138. The van der Waals surface area contributed by atoms with Crippen molar-refractivity contribution >= 4 is 5.91 Å². The second-order valence-electron chi connectivity index (χ2n) is 6.98. The molecule has 3 rings (SSSR count). The number of rotatable bonds is 6. The van der Waals surface area contributed by atoms with E-state index in [1.165, 1.54) is 5.56 Å². The minimum atomic E-state index is 0.138. The van der Waals surface area contributed by atoms with Gasteiger partial charge in [-0.05, 0) is 36.5 Å². The number of amides is 1. The number of nitrogens with one attached hydrogen (secondary N) is 1. The highest BCUT2D eigenvalue weighted by atomic mass is 16.1. The molecule has 2 atom stereocenters. The Hall–Kier alpha value is -2.20. The molecule has 1 amide bonds. The third kappa shape index (κ3) is 5.40. The second kappa shape index (κ2) is 8.77. The van der Waals surface area contributed by atoms with Crippen molar-refractivity contribution in [2.24, 2.45) is 5.92 Å². The maximum Gasteiger partial charge on any atom is 0.220 e. The first kappa shape index (κ1) is 17.6. The van der Waals surface area contributed by atoms with Gasteiger partial charge in [-0.15, -0.1) is 0 Å². The Morgan fingerprint density at radius 3 is 2.72 bits per heavy atom. The second-order valence-corrected chi connectivity index (χ2v) is 6.98. The van der Waals surface area contributed by atoms with E-state index in [0.29, 0.717) is 18.8 Å². The summed E-state index contributed by atoms with van der Waals surface area (Å²) in [5.41, 5.74) is 2.33. The van der Waals surface area contributed by atoms with E-state index < -0.39 is 0 Å². The zero-order valence-corrected chi connectivity index (χ0v) is 14.9. The molecule has 0 bridgehead atoms. The van der Waals surface area contributed by atoms with E-state index >= 15 is 0 Å².